The van der Waals surface area contributed by atoms with Crippen LogP contribution in [0.15, 0.2) is 48.5 Å². The molecule has 0 spiro atoms. The van der Waals surface area contributed by atoms with Gasteiger partial charge in [0.05, 0.1) is 10.0 Å². The summed E-state index contributed by atoms with van der Waals surface area (Å²) < 4.78 is 0. The van der Waals surface area contributed by atoms with Gasteiger partial charge in [0.25, 0.3) is 5.91 Å². The lowest BCUT2D eigenvalue weighted by Gasteiger charge is -2.34. The maximum Gasteiger partial charge on any atom is 0.251 e. The number of likely N-dealkylation sites (tertiary alicyclic amines) is 1. The molecule has 25 heavy (non-hydrogen) atoms. The molecule has 1 heterocycles. The fourth-order valence-corrected chi connectivity index (χ4v) is 3.29. The highest BCUT2D eigenvalue weighted by Gasteiger charge is 2.32. The molecule has 1 atom stereocenters. The summed E-state index contributed by atoms with van der Waals surface area (Å²) in [5, 5.41) is 3.64. The van der Waals surface area contributed by atoms with Gasteiger partial charge >= 0.3 is 0 Å². The number of halogens is 2. The monoisotopic (exact) mass is 376 g/mol. The van der Waals surface area contributed by atoms with Crippen molar-refractivity contribution in [2.75, 3.05) is 11.9 Å². The highest BCUT2D eigenvalue weighted by Crippen LogP contribution is 2.29. The molecule has 2 aromatic carbocycles. The Morgan fingerprint density at radius 2 is 1.80 bits per heavy atom. The fourth-order valence-electron chi connectivity index (χ4n) is 2.99. The topological polar surface area (TPSA) is 49.4 Å². The number of anilines is 1. The summed E-state index contributed by atoms with van der Waals surface area (Å²) in [4.78, 5) is 27.0. The summed E-state index contributed by atoms with van der Waals surface area (Å²) in [6, 6.07) is 13.6. The van der Waals surface area contributed by atoms with Crippen LogP contribution in [0.25, 0.3) is 0 Å². The van der Waals surface area contributed by atoms with Crippen molar-refractivity contribution in [3.05, 3.63) is 64.1 Å². The van der Waals surface area contributed by atoms with Gasteiger partial charge in [0.1, 0.15) is 6.04 Å². The average Bonchev–Trinajstić information content (AvgIpc) is 2.61. The van der Waals surface area contributed by atoms with Gasteiger partial charge in [-0.2, -0.15) is 0 Å². The van der Waals surface area contributed by atoms with E-state index in [0.29, 0.717) is 28.7 Å². The normalized spacial score (nSPS) is 15.8. The zero-order valence-corrected chi connectivity index (χ0v) is 15.1. The summed E-state index contributed by atoms with van der Waals surface area (Å²) in [6.07, 6.45) is 2.24. The second-order valence-corrected chi connectivity index (χ2v) is 6.79. The number of nitrogens with zero attached hydrogens (tertiary/aromatic N) is 1. The second kappa shape index (κ2) is 7.89. The standard InChI is InChI=1S/C19H18Cl2N2O2/c20-15-10-9-14(12-16(15)21)22-19(25)18(13-6-2-1-3-7-13)23-11-5-4-8-17(23)24/h1-3,6-7,9-10,12,18H,4-5,8,11H2,(H,22,25). The molecule has 3 rings (SSSR count). The van der Waals surface area contributed by atoms with Crippen molar-refractivity contribution in [3.63, 3.8) is 0 Å². The Bertz CT molecular complexity index is 780. The summed E-state index contributed by atoms with van der Waals surface area (Å²) >= 11 is 11.9. The predicted molar refractivity (Wildman–Crippen MR) is 99.8 cm³/mol. The van der Waals surface area contributed by atoms with Gasteiger partial charge in [-0.05, 0) is 36.6 Å². The van der Waals surface area contributed by atoms with Crippen LogP contribution in [0.4, 0.5) is 5.69 Å². The lowest BCUT2D eigenvalue weighted by atomic mass is 10.0. The van der Waals surface area contributed by atoms with E-state index in [0.717, 1.165) is 18.4 Å². The predicted octanol–water partition coefficient (Wildman–Crippen LogP) is 4.69. The minimum Gasteiger partial charge on any atom is -0.327 e. The molecule has 130 valence electrons. The third-order valence-electron chi connectivity index (χ3n) is 4.22. The van der Waals surface area contributed by atoms with Crippen LogP contribution in [0.1, 0.15) is 30.9 Å². The molecule has 0 bridgehead atoms. The maximum atomic E-state index is 13.0. The Hall–Kier alpha value is -2.04. The number of hydrogen-bond donors (Lipinski definition) is 1. The maximum absolute atomic E-state index is 13.0. The molecule has 6 heteroatoms. The number of amides is 2. The van der Waals surface area contributed by atoms with Crippen LogP contribution in [0.2, 0.25) is 10.0 Å². The molecule has 2 amide bonds. The van der Waals surface area contributed by atoms with Crippen molar-refractivity contribution in [3.8, 4) is 0 Å². The smallest absolute Gasteiger partial charge is 0.251 e. The summed E-state index contributed by atoms with van der Waals surface area (Å²) in [5.41, 5.74) is 1.33. The first-order valence-electron chi connectivity index (χ1n) is 8.16. The Labute approximate surface area is 156 Å². The zero-order chi connectivity index (χ0) is 17.8. The number of hydrogen-bond acceptors (Lipinski definition) is 2. The Balaban J connectivity index is 1.89. The number of benzene rings is 2. The third kappa shape index (κ3) is 4.14. The Morgan fingerprint density at radius 3 is 2.48 bits per heavy atom. The number of nitrogens with one attached hydrogen (secondary N) is 1. The molecule has 0 aromatic heterocycles. The third-order valence-corrected chi connectivity index (χ3v) is 4.96. The highest BCUT2D eigenvalue weighted by atomic mass is 35.5. The average molecular weight is 377 g/mol. The molecule has 0 radical (unpaired) electrons. The first-order chi connectivity index (χ1) is 12.1. The number of rotatable bonds is 4. The van der Waals surface area contributed by atoms with Crippen LogP contribution in [0.5, 0.6) is 0 Å². The first kappa shape index (κ1) is 17.8. The van der Waals surface area contributed by atoms with Gasteiger partial charge in [-0.15, -0.1) is 0 Å². The van der Waals surface area contributed by atoms with Crippen LogP contribution in [-0.2, 0) is 9.59 Å². The van der Waals surface area contributed by atoms with E-state index in [2.05, 4.69) is 5.32 Å². The van der Waals surface area contributed by atoms with Crippen molar-refractivity contribution in [2.24, 2.45) is 0 Å². The van der Waals surface area contributed by atoms with E-state index in [1.54, 1.807) is 23.1 Å². The first-order valence-corrected chi connectivity index (χ1v) is 8.92. The minimum atomic E-state index is -0.663. The Morgan fingerprint density at radius 1 is 1.04 bits per heavy atom. The molecule has 1 fully saturated rings. The van der Waals surface area contributed by atoms with E-state index in [9.17, 15) is 9.59 Å². The molecule has 0 saturated carbocycles. The second-order valence-electron chi connectivity index (χ2n) is 5.98. The van der Waals surface area contributed by atoms with Crippen molar-refractivity contribution >= 4 is 40.7 Å². The molecule has 4 nitrogen and oxygen atoms in total. The highest BCUT2D eigenvalue weighted by molar-refractivity contribution is 6.42. The van der Waals surface area contributed by atoms with Gasteiger partial charge < -0.3 is 10.2 Å². The largest absolute Gasteiger partial charge is 0.327 e. The van der Waals surface area contributed by atoms with Crippen LogP contribution in [0, 0.1) is 0 Å². The Kier molecular flexibility index (Phi) is 5.61. The molecule has 1 unspecified atom stereocenters. The molecule has 1 saturated heterocycles. The van der Waals surface area contributed by atoms with Crippen LogP contribution >= 0.6 is 23.2 Å². The zero-order valence-electron chi connectivity index (χ0n) is 13.5. The van der Waals surface area contributed by atoms with E-state index in [-0.39, 0.29) is 11.8 Å². The summed E-state index contributed by atoms with van der Waals surface area (Å²) in [5.74, 6) is -0.260. The van der Waals surface area contributed by atoms with Crippen molar-refractivity contribution < 1.29 is 9.59 Å². The summed E-state index contributed by atoms with van der Waals surface area (Å²) in [7, 11) is 0. The van der Waals surface area contributed by atoms with E-state index >= 15 is 0 Å². The summed E-state index contributed by atoms with van der Waals surface area (Å²) in [6.45, 7) is 0.577. The van der Waals surface area contributed by atoms with Crippen molar-refractivity contribution in [2.45, 2.75) is 25.3 Å². The van der Waals surface area contributed by atoms with Crippen molar-refractivity contribution in [1.82, 2.24) is 4.90 Å². The SMILES string of the molecule is O=C(Nc1ccc(Cl)c(Cl)c1)C(c1ccccc1)N1CCCCC1=O. The molecule has 1 N–H and O–H groups in total. The van der Waals surface area contributed by atoms with Gasteiger partial charge in [-0.3, -0.25) is 9.59 Å². The van der Waals surface area contributed by atoms with Gasteiger partial charge in [0.2, 0.25) is 5.91 Å². The van der Waals surface area contributed by atoms with Gasteiger partial charge in [0, 0.05) is 18.7 Å². The quantitative estimate of drug-likeness (QED) is 0.841. The van der Waals surface area contributed by atoms with Gasteiger partial charge in [-0.25, -0.2) is 0 Å². The number of piperidine rings is 1. The molecule has 1 aliphatic rings. The van der Waals surface area contributed by atoms with Crippen molar-refractivity contribution in [1.29, 1.82) is 0 Å². The van der Waals surface area contributed by atoms with Gasteiger partial charge in [-0.1, -0.05) is 53.5 Å². The fraction of sp³-hybridized carbons (Fsp3) is 0.263. The molecule has 1 aliphatic heterocycles. The van der Waals surface area contributed by atoms with E-state index in [1.165, 1.54) is 0 Å². The number of carbonyl (C=O) groups excluding carboxylic acids is 2. The molecular weight excluding hydrogens is 359 g/mol. The van der Waals surface area contributed by atoms with Crippen LogP contribution in [-0.4, -0.2) is 23.3 Å². The van der Waals surface area contributed by atoms with E-state index in [1.807, 2.05) is 30.3 Å². The van der Waals surface area contributed by atoms with Crippen LogP contribution < -0.4 is 5.32 Å². The van der Waals surface area contributed by atoms with E-state index < -0.39 is 6.04 Å². The van der Waals surface area contributed by atoms with Gasteiger partial charge in [0.15, 0.2) is 0 Å². The molecule has 0 aliphatic carbocycles. The minimum absolute atomic E-state index is 0.00407. The molecule has 2 aromatic rings. The number of carbonyl (C=O) groups is 2. The lowest BCUT2D eigenvalue weighted by molar-refractivity contribution is -0.141. The van der Waals surface area contributed by atoms with E-state index in [4.69, 9.17) is 23.2 Å². The van der Waals surface area contributed by atoms with Crippen LogP contribution in [0.3, 0.4) is 0 Å². The molecular formula is C19H18Cl2N2O2. The lowest BCUT2D eigenvalue weighted by Crippen LogP contribution is -2.43.